The number of primary amides is 1. The topological polar surface area (TPSA) is 109 Å². The van der Waals surface area contributed by atoms with Gasteiger partial charge < -0.3 is 21.3 Å². The number of hydrogen-bond donors (Lipinski definition) is 3. The van der Waals surface area contributed by atoms with Crippen LogP contribution in [0.2, 0.25) is 0 Å². The highest BCUT2D eigenvalue weighted by atomic mass is 16.2. The lowest BCUT2D eigenvalue weighted by Crippen LogP contribution is -2.47. The van der Waals surface area contributed by atoms with Crippen molar-refractivity contribution in [2.45, 2.75) is 25.4 Å². The van der Waals surface area contributed by atoms with Crippen LogP contribution in [0.5, 0.6) is 0 Å². The summed E-state index contributed by atoms with van der Waals surface area (Å²) in [7, 11) is 0. The first-order valence-electron chi connectivity index (χ1n) is 9.84. The van der Waals surface area contributed by atoms with Gasteiger partial charge in [0.1, 0.15) is 6.04 Å². The first-order valence-corrected chi connectivity index (χ1v) is 9.84. The van der Waals surface area contributed by atoms with E-state index in [0.29, 0.717) is 36.1 Å². The molecule has 0 bridgehead atoms. The van der Waals surface area contributed by atoms with Crippen LogP contribution < -0.4 is 16.4 Å². The van der Waals surface area contributed by atoms with Crippen molar-refractivity contribution >= 4 is 34.6 Å². The van der Waals surface area contributed by atoms with Crippen LogP contribution in [0.15, 0.2) is 60.8 Å². The van der Waals surface area contributed by atoms with Gasteiger partial charge in [-0.3, -0.25) is 9.36 Å². The molecule has 2 heterocycles. The van der Waals surface area contributed by atoms with Crippen LogP contribution in [0.25, 0.3) is 10.9 Å². The summed E-state index contributed by atoms with van der Waals surface area (Å²) in [5.74, 6) is -0.175. The Hall–Kier alpha value is -3.81. The van der Waals surface area contributed by atoms with Crippen molar-refractivity contribution in [2.75, 3.05) is 11.9 Å². The van der Waals surface area contributed by atoms with Crippen molar-refractivity contribution in [1.82, 2.24) is 14.8 Å². The maximum absolute atomic E-state index is 12.9. The summed E-state index contributed by atoms with van der Waals surface area (Å²) in [5, 5.41) is 6.45. The number of nitrogens with zero attached hydrogens (tertiary/aromatic N) is 2. The van der Waals surface area contributed by atoms with E-state index in [4.69, 9.17) is 5.73 Å². The number of para-hydroxylation sites is 1. The average Bonchev–Trinajstić information content (AvgIpc) is 3.38. The zero-order chi connectivity index (χ0) is 21.1. The number of anilines is 1. The molecule has 4 rings (SSSR count). The minimum Gasteiger partial charge on any atom is -0.351 e. The summed E-state index contributed by atoms with van der Waals surface area (Å²) in [6.07, 6.45) is 2.86. The number of likely N-dealkylation sites (tertiary alicyclic amines) is 1. The highest BCUT2D eigenvalue weighted by Crippen LogP contribution is 2.27. The lowest BCUT2D eigenvalue weighted by molar-refractivity contribution is -0.124. The van der Waals surface area contributed by atoms with Gasteiger partial charge in [0.25, 0.3) is 0 Å². The number of carbonyl (C=O) groups is 3. The largest absolute Gasteiger partial charge is 0.351 e. The van der Waals surface area contributed by atoms with E-state index < -0.39 is 12.1 Å². The molecule has 8 nitrogen and oxygen atoms in total. The molecule has 0 unspecified atom stereocenters. The Morgan fingerprint density at radius 1 is 1.03 bits per heavy atom. The fourth-order valence-corrected chi connectivity index (χ4v) is 3.83. The van der Waals surface area contributed by atoms with Gasteiger partial charge in [-0.25, -0.2) is 9.59 Å². The predicted molar refractivity (Wildman–Crippen MR) is 114 cm³/mol. The van der Waals surface area contributed by atoms with Gasteiger partial charge >= 0.3 is 12.1 Å². The first kappa shape index (κ1) is 19.5. The van der Waals surface area contributed by atoms with Gasteiger partial charge in [-0.05, 0) is 24.5 Å². The third-order valence-electron chi connectivity index (χ3n) is 5.32. The number of hydrogen-bond acceptors (Lipinski definition) is 3. The number of amides is 4. The maximum atomic E-state index is 12.9. The standard InChI is InChI=1S/C22H23N5O3/c23-21(29)27-14-17(16-9-4-5-10-18(16)27)25-22(30)26-12-6-11-19(26)20(28)24-13-15-7-2-1-3-8-15/h1-5,7-10,14,19H,6,11-13H2,(H2,23,29)(H,24,28)(H,25,30)/t19-/m0/s1. The van der Waals surface area contributed by atoms with Crippen LogP contribution in [0.1, 0.15) is 18.4 Å². The number of aromatic nitrogens is 1. The second-order valence-electron chi connectivity index (χ2n) is 7.25. The van der Waals surface area contributed by atoms with Crippen LogP contribution in [0.3, 0.4) is 0 Å². The zero-order valence-electron chi connectivity index (χ0n) is 16.4. The van der Waals surface area contributed by atoms with Crippen molar-refractivity contribution in [2.24, 2.45) is 5.73 Å². The van der Waals surface area contributed by atoms with Crippen LogP contribution in [0.4, 0.5) is 15.3 Å². The minimum atomic E-state index is -0.633. The predicted octanol–water partition coefficient (Wildman–Crippen LogP) is 2.88. The fraction of sp³-hybridized carbons (Fsp3) is 0.227. The quantitative estimate of drug-likeness (QED) is 0.621. The molecule has 154 valence electrons. The van der Waals surface area contributed by atoms with Crippen LogP contribution in [-0.4, -0.2) is 40.0 Å². The Kier molecular flexibility index (Phi) is 5.38. The molecule has 1 fully saturated rings. The summed E-state index contributed by atoms with van der Waals surface area (Å²) in [5.41, 5.74) is 7.52. The summed E-state index contributed by atoms with van der Waals surface area (Å²) in [6, 6.07) is 15.3. The van der Waals surface area contributed by atoms with Crippen molar-refractivity contribution < 1.29 is 14.4 Å². The molecule has 4 N–H and O–H groups in total. The van der Waals surface area contributed by atoms with Gasteiger partial charge in [0.15, 0.2) is 0 Å². The molecule has 2 aromatic carbocycles. The van der Waals surface area contributed by atoms with Crippen molar-refractivity contribution in [3.63, 3.8) is 0 Å². The molecular weight excluding hydrogens is 382 g/mol. The number of carbonyl (C=O) groups excluding carboxylic acids is 3. The second-order valence-corrected chi connectivity index (χ2v) is 7.25. The van der Waals surface area contributed by atoms with Gasteiger partial charge in [-0.15, -0.1) is 0 Å². The second kappa shape index (κ2) is 8.28. The number of benzene rings is 2. The molecule has 1 aliphatic rings. The number of fused-ring (bicyclic) bond motifs is 1. The molecule has 1 saturated heterocycles. The Morgan fingerprint density at radius 2 is 1.77 bits per heavy atom. The van der Waals surface area contributed by atoms with Crippen LogP contribution in [0, 0.1) is 0 Å². The molecule has 1 aliphatic heterocycles. The number of nitrogens with one attached hydrogen (secondary N) is 2. The van der Waals surface area contributed by atoms with Gasteiger partial charge in [-0.2, -0.15) is 0 Å². The lowest BCUT2D eigenvalue weighted by atomic mass is 10.2. The van der Waals surface area contributed by atoms with E-state index in [0.717, 1.165) is 12.0 Å². The molecule has 0 saturated carbocycles. The normalized spacial score (nSPS) is 15.9. The molecule has 4 amide bonds. The zero-order valence-corrected chi connectivity index (χ0v) is 16.4. The summed E-state index contributed by atoms with van der Waals surface area (Å²) >= 11 is 0. The average molecular weight is 405 g/mol. The third kappa shape index (κ3) is 3.84. The van der Waals surface area contributed by atoms with E-state index in [1.54, 1.807) is 18.2 Å². The summed E-state index contributed by atoms with van der Waals surface area (Å²) in [4.78, 5) is 38.9. The van der Waals surface area contributed by atoms with E-state index in [1.807, 2.05) is 36.4 Å². The number of urea groups is 1. The SMILES string of the molecule is NC(=O)n1cc(NC(=O)N2CCC[C@H]2C(=O)NCc2ccccc2)c2ccccc21. The molecule has 8 heteroatoms. The van der Waals surface area contributed by atoms with Gasteiger partial charge in [0.05, 0.1) is 11.2 Å². The van der Waals surface area contributed by atoms with Crippen molar-refractivity contribution in [1.29, 1.82) is 0 Å². The minimum absolute atomic E-state index is 0.175. The Bertz CT molecular complexity index is 1090. The molecule has 0 radical (unpaired) electrons. The Labute approximate surface area is 173 Å². The monoisotopic (exact) mass is 405 g/mol. The molecule has 0 spiro atoms. The van der Waals surface area contributed by atoms with E-state index in [-0.39, 0.29) is 11.9 Å². The molecule has 30 heavy (non-hydrogen) atoms. The summed E-state index contributed by atoms with van der Waals surface area (Å²) < 4.78 is 1.29. The number of nitrogens with two attached hydrogens (primary N) is 1. The van der Waals surface area contributed by atoms with Crippen molar-refractivity contribution in [3.8, 4) is 0 Å². The first-order chi connectivity index (χ1) is 14.5. The Morgan fingerprint density at radius 3 is 2.53 bits per heavy atom. The molecule has 1 aromatic heterocycles. The molecule has 1 atom stereocenters. The third-order valence-corrected chi connectivity index (χ3v) is 5.32. The molecule has 0 aliphatic carbocycles. The molecular formula is C22H23N5O3. The lowest BCUT2D eigenvalue weighted by Gasteiger charge is -2.24. The fourth-order valence-electron chi connectivity index (χ4n) is 3.83. The highest BCUT2D eigenvalue weighted by Gasteiger charge is 2.34. The van der Waals surface area contributed by atoms with Gasteiger partial charge in [0.2, 0.25) is 5.91 Å². The van der Waals surface area contributed by atoms with E-state index >= 15 is 0 Å². The highest BCUT2D eigenvalue weighted by molar-refractivity contribution is 6.05. The smallest absolute Gasteiger partial charge is 0.323 e. The van der Waals surface area contributed by atoms with E-state index in [9.17, 15) is 14.4 Å². The van der Waals surface area contributed by atoms with Gasteiger partial charge in [0, 0.05) is 24.7 Å². The van der Waals surface area contributed by atoms with Crippen LogP contribution in [-0.2, 0) is 11.3 Å². The molecule has 3 aromatic rings. The van der Waals surface area contributed by atoms with E-state index in [1.165, 1.54) is 15.7 Å². The summed E-state index contributed by atoms with van der Waals surface area (Å²) in [6.45, 7) is 0.904. The van der Waals surface area contributed by atoms with Gasteiger partial charge in [-0.1, -0.05) is 48.5 Å². The maximum Gasteiger partial charge on any atom is 0.323 e. The Balaban J connectivity index is 1.47. The van der Waals surface area contributed by atoms with E-state index in [2.05, 4.69) is 10.6 Å². The van der Waals surface area contributed by atoms with Crippen molar-refractivity contribution in [3.05, 3.63) is 66.4 Å². The van der Waals surface area contributed by atoms with Crippen LogP contribution >= 0.6 is 0 Å². The number of rotatable bonds is 4.